The number of rotatable bonds is 7. The fraction of sp³-hybridized carbons (Fsp3) is 0.400. The molecule has 2 aromatic heterocycles. The van der Waals surface area contributed by atoms with Crippen LogP contribution in [0.15, 0.2) is 38.2 Å². The molecular formula is C20H27ClN5O6S+. The van der Waals surface area contributed by atoms with Crippen molar-refractivity contribution < 1.29 is 32.7 Å². The number of hydrogen-bond acceptors (Lipinski definition) is 9. The molecule has 0 fully saturated rings. The van der Waals surface area contributed by atoms with Gasteiger partial charge in [0, 0.05) is 14.1 Å². The highest BCUT2D eigenvalue weighted by Crippen LogP contribution is 2.41. The molecule has 0 bridgehead atoms. The molecule has 0 aliphatic carbocycles. The molecule has 180 valence electrons. The molecule has 13 heteroatoms. The van der Waals surface area contributed by atoms with Gasteiger partial charge in [0.25, 0.3) is 0 Å². The Morgan fingerprint density at radius 2 is 1.88 bits per heavy atom. The van der Waals surface area contributed by atoms with E-state index in [0.29, 0.717) is 10.7 Å². The predicted molar refractivity (Wildman–Crippen MR) is 120 cm³/mol. The maximum Gasteiger partial charge on any atom is 0.370 e. The summed E-state index contributed by atoms with van der Waals surface area (Å²) in [5.41, 5.74) is -0.383. The van der Waals surface area contributed by atoms with Crippen molar-refractivity contribution in [1.29, 1.82) is 0 Å². The van der Waals surface area contributed by atoms with Crippen LogP contribution in [0, 0.1) is 12.3 Å². The van der Waals surface area contributed by atoms with E-state index in [1.165, 1.54) is 26.2 Å². The quantitative estimate of drug-likeness (QED) is 0.282. The lowest BCUT2D eigenvalue weighted by Crippen LogP contribution is -2.31. The lowest BCUT2D eigenvalue weighted by molar-refractivity contribution is -1.03. The summed E-state index contributed by atoms with van der Waals surface area (Å²) in [6.45, 7) is 7.81. The summed E-state index contributed by atoms with van der Waals surface area (Å²) < 4.78 is 36.8. The molecule has 11 nitrogen and oxygen atoms in total. The fourth-order valence-electron chi connectivity index (χ4n) is 3.12. The van der Waals surface area contributed by atoms with Crippen LogP contribution in [0.2, 0.25) is 5.02 Å². The van der Waals surface area contributed by atoms with Gasteiger partial charge < -0.3 is 20.0 Å². The zero-order valence-electron chi connectivity index (χ0n) is 19.0. The molecule has 0 radical (unpaired) electrons. The summed E-state index contributed by atoms with van der Waals surface area (Å²) in [6.07, 6.45) is 0. The average Bonchev–Trinajstić information content (AvgIpc) is 3.26. The first kappa shape index (κ1) is 24.7. The minimum Gasteiger partial charge on any atom is -0.503 e. The Morgan fingerprint density at radius 1 is 1.21 bits per heavy atom. The van der Waals surface area contributed by atoms with Gasteiger partial charge in [-0.15, -0.1) is 0 Å². The second-order valence-electron chi connectivity index (χ2n) is 8.72. The number of furan rings is 1. The van der Waals surface area contributed by atoms with Crippen LogP contribution < -0.4 is 15.5 Å². The summed E-state index contributed by atoms with van der Waals surface area (Å²) in [5, 5.41) is 30.5. The largest absolute Gasteiger partial charge is 0.503 e. The molecule has 3 aromatic rings. The summed E-state index contributed by atoms with van der Waals surface area (Å²) >= 11 is 6.06. The first-order valence-electron chi connectivity index (χ1n) is 9.89. The number of nitrogens with zero attached hydrogens (tertiary/aromatic N) is 3. The van der Waals surface area contributed by atoms with Crippen LogP contribution >= 0.6 is 11.6 Å². The maximum absolute atomic E-state index is 12.6. The topological polar surface area (TPSA) is 145 Å². The van der Waals surface area contributed by atoms with Gasteiger partial charge in [0.1, 0.15) is 32.2 Å². The van der Waals surface area contributed by atoms with Crippen LogP contribution in [0.5, 0.6) is 5.75 Å². The summed E-state index contributed by atoms with van der Waals surface area (Å²) in [4.78, 5) is -0.128. The van der Waals surface area contributed by atoms with Gasteiger partial charge in [-0.3, -0.25) is 5.32 Å². The van der Waals surface area contributed by atoms with E-state index in [1.54, 1.807) is 0 Å². The van der Waals surface area contributed by atoms with Gasteiger partial charge >= 0.3 is 11.6 Å². The Labute approximate surface area is 196 Å². The van der Waals surface area contributed by atoms with E-state index in [-0.39, 0.29) is 33.8 Å². The Bertz CT molecular complexity index is 1260. The molecule has 4 N–H and O–H groups in total. The lowest BCUT2D eigenvalue weighted by Gasteiger charge is -2.29. The molecule has 0 amide bonds. The molecule has 0 saturated heterocycles. The third-order valence-corrected chi connectivity index (χ3v) is 7.21. The standard InChI is InChI=1S/C20H26ClN5O6S/c1-11-7-10-14(31-11)17(20(2,3)4)23-18-19(26(28)32-24-18)22-13-9-8-12(21)16(15(13)27)33(29,30)25(5)6/h7-10,17,28H,1-6H3,(H2,23,24,27)/p+1/t17-/m0/s1. The number of anilines is 3. The van der Waals surface area contributed by atoms with Crippen LogP contribution in [0.4, 0.5) is 17.3 Å². The molecule has 0 saturated carbocycles. The Kier molecular flexibility index (Phi) is 6.55. The molecule has 0 aliphatic rings. The van der Waals surface area contributed by atoms with Crippen molar-refractivity contribution in [3.63, 3.8) is 0 Å². The molecule has 0 aliphatic heterocycles. The number of halogens is 1. The number of aryl methyl sites for hydroxylation is 1. The van der Waals surface area contributed by atoms with E-state index >= 15 is 0 Å². The van der Waals surface area contributed by atoms with E-state index in [9.17, 15) is 18.7 Å². The van der Waals surface area contributed by atoms with E-state index in [1.807, 2.05) is 39.8 Å². The molecule has 33 heavy (non-hydrogen) atoms. The number of hydrogen-bond donors (Lipinski definition) is 4. The first-order valence-corrected chi connectivity index (χ1v) is 11.7. The first-order chi connectivity index (χ1) is 15.2. The molecule has 1 atom stereocenters. The Hall–Kier alpha value is -2.96. The van der Waals surface area contributed by atoms with Gasteiger partial charge in [-0.25, -0.2) is 12.7 Å². The smallest absolute Gasteiger partial charge is 0.370 e. The van der Waals surface area contributed by atoms with Crippen molar-refractivity contribution in [3.05, 3.63) is 40.8 Å². The van der Waals surface area contributed by atoms with Gasteiger partial charge in [0.2, 0.25) is 10.0 Å². The van der Waals surface area contributed by atoms with Gasteiger partial charge in [0.15, 0.2) is 5.75 Å². The van der Waals surface area contributed by atoms with Crippen LogP contribution in [-0.2, 0) is 10.0 Å². The van der Waals surface area contributed by atoms with Crippen molar-refractivity contribution >= 4 is 38.9 Å². The van der Waals surface area contributed by atoms with E-state index in [2.05, 4.69) is 15.8 Å². The third kappa shape index (κ3) is 4.87. The van der Waals surface area contributed by atoms with E-state index in [4.69, 9.17) is 20.6 Å². The Balaban J connectivity index is 2.02. The van der Waals surface area contributed by atoms with E-state index < -0.39 is 20.7 Å². The number of sulfonamides is 1. The van der Waals surface area contributed by atoms with Crippen LogP contribution in [-0.4, -0.2) is 42.3 Å². The van der Waals surface area contributed by atoms with Gasteiger partial charge in [-0.2, -0.15) is 0 Å². The number of phenols is 1. The lowest BCUT2D eigenvalue weighted by atomic mass is 9.85. The highest BCUT2D eigenvalue weighted by atomic mass is 35.5. The zero-order chi connectivity index (χ0) is 24.7. The van der Waals surface area contributed by atoms with Gasteiger partial charge in [-0.1, -0.05) is 37.0 Å². The maximum atomic E-state index is 12.6. The fourth-order valence-corrected chi connectivity index (χ4v) is 4.60. The van der Waals surface area contributed by atoms with Crippen molar-refractivity contribution in [2.45, 2.75) is 38.6 Å². The highest BCUT2D eigenvalue weighted by molar-refractivity contribution is 7.89. The van der Waals surface area contributed by atoms with Gasteiger partial charge in [0.05, 0.1) is 11.1 Å². The second-order valence-corrected chi connectivity index (χ2v) is 11.2. The highest BCUT2D eigenvalue weighted by Gasteiger charge is 2.35. The summed E-state index contributed by atoms with van der Waals surface area (Å²) in [5.74, 6) is 0.762. The van der Waals surface area contributed by atoms with E-state index in [0.717, 1.165) is 10.1 Å². The summed E-state index contributed by atoms with van der Waals surface area (Å²) in [7, 11) is -1.42. The van der Waals surface area contributed by atoms with Crippen molar-refractivity contribution in [1.82, 2.24) is 9.46 Å². The summed E-state index contributed by atoms with van der Waals surface area (Å²) in [6, 6.07) is 5.97. The molecule has 2 heterocycles. The second kappa shape index (κ2) is 8.76. The number of aromatic nitrogens is 2. The van der Waals surface area contributed by atoms with Crippen molar-refractivity contribution in [2.75, 3.05) is 24.7 Å². The number of benzene rings is 1. The molecule has 1 aromatic carbocycles. The van der Waals surface area contributed by atoms with Crippen molar-refractivity contribution in [3.8, 4) is 5.75 Å². The van der Waals surface area contributed by atoms with Crippen LogP contribution in [0.3, 0.4) is 0 Å². The van der Waals surface area contributed by atoms with Gasteiger partial charge in [-0.05, 0) is 36.6 Å². The number of aromatic hydroxyl groups is 1. The average molecular weight is 501 g/mol. The van der Waals surface area contributed by atoms with Crippen molar-refractivity contribution in [2.24, 2.45) is 5.41 Å². The van der Waals surface area contributed by atoms with Crippen LogP contribution in [0.25, 0.3) is 0 Å². The molecule has 0 spiro atoms. The zero-order valence-corrected chi connectivity index (χ0v) is 20.6. The Morgan fingerprint density at radius 3 is 2.42 bits per heavy atom. The normalized spacial score (nSPS) is 13.3. The number of phenolic OH excluding ortho intramolecular Hbond substituents is 1. The minimum absolute atomic E-state index is 0.0463. The number of nitrogens with one attached hydrogen (secondary N) is 2. The van der Waals surface area contributed by atoms with Crippen LogP contribution in [0.1, 0.15) is 38.3 Å². The molecule has 0 unspecified atom stereocenters. The minimum atomic E-state index is -4.06. The molecular weight excluding hydrogens is 474 g/mol. The predicted octanol–water partition coefficient (Wildman–Crippen LogP) is 3.65. The SMILES string of the molecule is Cc1ccc([C@H](Nc2no[n+](O)c2Nc2ccc(Cl)c(S(=O)(=O)N(C)C)c2O)C(C)(C)C)o1. The molecule has 3 rings (SSSR count). The third-order valence-electron chi connectivity index (χ3n) is 4.89. The monoisotopic (exact) mass is 500 g/mol.